The van der Waals surface area contributed by atoms with Crippen molar-refractivity contribution in [3.8, 4) is 0 Å². The number of aryl methyl sites for hydroxylation is 1. The molecule has 1 aliphatic carbocycles. The molecule has 1 atom stereocenters. The first-order chi connectivity index (χ1) is 9.91. The van der Waals surface area contributed by atoms with E-state index in [1.807, 2.05) is 0 Å². The summed E-state index contributed by atoms with van der Waals surface area (Å²) in [6, 6.07) is 5.18. The van der Waals surface area contributed by atoms with Gasteiger partial charge in [-0.2, -0.15) is 13.2 Å². The van der Waals surface area contributed by atoms with E-state index in [0.29, 0.717) is 18.7 Å². The predicted octanol–water partition coefficient (Wildman–Crippen LogP) is 3.10. The molecule has 3 rings (SSSR count). The van der Waals surface area contributed by atoms with Crippen molar-refractivity contribution in [3.63, 3.8) is 0 Å². The van der Waals surface area contributed by atoms with E-state index < -0.39 is 11.7 Å². The number of benzene rings is 1. The Morgan fingerprint density at radius 2 is 1.95 bits per heavy atom. The minimum Gasteiger partial charge on any atom is -0.445 e. The molecular formula is C15H15F3N2O. The zero-order valence-corrected chi connectivity index (χ0v) is 11.3. The Morgan fingerprint density at radius 3 is 2.62 bits per heavy atom. The number of nitrogens with zero attached hydrogens (tertiary/aromatic N) is 1. The zero-order valence-electron chi connectivity index (χ0n) is 11.3. The predicted molar refractivity (Wildman–Crippen MR) is 70.8 cm³/mol. The largest absolute Gasteiger partial charge is 0.445 e. The third kappa shape index (κ3) is 3.10. The molecule has 2 aromatic rings. The molecule has 0 spiro atoms. The number of rotatable bonds is 2. The Morgan fingerprint density at radius 1 is 1.24 bits per heavy atom. The summed E-state index contributed by atoms with van der Waals surface area (Å²) in [5.74, 6) is 1.40. The number of alkyl halides is 3. The molecular weight excluding hydrogens is 281 g/mol. The number of hydrogen-bond donors (Lipinski definition) is 1. The van der Waals surface area contributed by atoms with Gasteiger partial charge in [0.1, 0.15) is 5.76 Å². The van der Waals surface area contributed by atoms with Gasteiger partial charge in [-0.1, -0.05) is 12.1 Å². The van der Waals surface area contributed by atoms with Gasteiger partial charge in [0, 0.05) is 25.3 Å². The molecule has 112 valence electrons. The Bertz CT molecular complexity index is 631. The first-order valence-electron chi connectivity index (χ1n) is 6.81. The van der Waals surface area contributed by atoms with Crippen molar-refractivity contribution in [3.05, 3.63) is 52.7 Å². The van der Waals surface area contributed by atoms with Crippen LogP contribution in [0.5, 0.6) is 0 Å². The second-order valence-electron chi connectivity index (χ2n) is 5.35. The summed E-state index contributed by atoms with van der Waals surface area (Å²) in [6.07, 6.45) is -1.57. The third-order valence-corrected chi connectivity index (χ3v) is 3.66. The highest BCUT2D eigenvalue weighted by Gasteiger charge is 2.30. The highest BCUT2D eigenvalue weighted by molar-refractivity contribution is 5.27. The van der Waals surface area contributed by atoms with E-state index in [-0.39, 0.29) is 6.04 Å². The minimum absolute atomic E-state index is 0.113. The van der Waals surface area contributed by atoms with E-state index in [0.717, 1.165) is 42.0 Å². The van der Waals surface area contributed by atoms with Crippen LogP contribution in [0.15, 0.2) is 28.7 Å². The van der Waals surface area contributed by atoms with Crippen LogP contribution in [0.1, 0.15) is 34.9 Å². The Hall–Kier alpha value is -1.82. The average Bonchev–Trinajstić information content (AvgIpc) is 2.79. The second kappa shape index (κ2) is 5.18. The number of halogens is 3. The van der Waals surface area contributed by atoms with Crippen LogP contribution in [0.25, 0.3) is 0 Å². The molecule has 1 aliphatic rings. The number of nitrogens with two attached hydrogens (primary N) is 1. The molecule has 0 bridgehead atoms. The molecule has 21 heavy (non-hydrogen) atoms. The molecule has 0 radical (unpaired) electrons. The topological polar surface area (TPSA) is 52.0 Å². The summed E-state index contributed by atoms with van der Waals surface area (Å²) in [6.45, 7) is 0. The summed E-state index contributed by atoms with van der Waals surface area (Å²) in [4.78, 5) is 4.40. The van der Waals surface area contributed by atoms with Crippen LogP contribution in [-0.2, 0) is 25.4 Å². The maximum atomic E-state index is 12.5. The molecule has 1 aromatic heterocycles. The second-order valence-corrected chi connectivity index (χ2v) is 5.35. The van der Waals surface area contributed by atoms with Gasteiger partial charge in [-0.25, -0.2) is 4.98 Å². The van der Waals surface area contributed by atoms with E-state index in [9.17, 15) is 13.2 Å². The highest BCUT2D eigenvalue weighted by atomic mass is 19.4. The van der Waals surface area contributed by atoms with Crippen LogP contribution in [0.4, 0.5) is 13.2 Å². The van der Waals surface area contributed by atoms with Crippen molar-refractivity contribution < 1.29 is 17.6 Å². The van der Waals surface area contributed by atoms with Crippen molar-refractivity contribution >= 4 is 0 Å². The summed E-state index contributed by atoms with van der Waals surface area (Å²) in [5, 5.41) is 0. The molecule has 0 saturated heterocycles. The van der Waals surface area contributed by atoms with Gasteiger partial charge >= 0.3 is 6.18 Å². The number of hydrogen-bond acceptors (Lipinski definition) is 3. The first-order valence-corrected chi connectivity index (χ1v) is 6.81. The summed E-state index contributed by atoms with van der Waals surface area (Å²) < 4.78 is 43.2. The molecule has 0 fully saturated rings. The van der Waals surface area contributed by atoms with Crippen molar-refractivity contribution in [1.29, 1.82) is 0 Å². The average molecular weight is 296 g/mol. The standard InChI is InChI=1S/C15H15F3N2O/c16-15(17,18)10-3-1-9(2-4-10)7-14-20-12-8-11(19)5-6-13(12)21-14/h1-4,11H,5-8,19H2. The van der Waals surface area contributed by atoms with E-state index in [4.69, 9.17) is 10.2 Å². The fraction of sp³-hybridized carbons (Fsp3) is 0.400. The molecule has 1 unspecified atom stereocenters. The lowest BCUT2D eigenvalue weighted by atomic mass is 9.98. The van der Waals surface area contributed by atoms with Crippen LogP contribution in [0, 0.1) is 0 Å². The zero-order chi connectivity index (χ0) is 15.0. The molecule has 3 nitrogen and oxygen atoms in total. The van der Waals surface area contributed by atoms with Gasteiger partial charge in [-0.3, -0.25) is 0 Å². The fourth-order valence-corrected chi connectivity index (χ4v) is 2.52. The van der Waals surface area contributed by atoms with Gasteiger partial charge in [0.2, 0.25) is 0 Å². The summed E-state index contributed by atoms with van der Waals surface area (Å²) in [5.41, 5.74) is 6.86. The monoisotopic (exact) mass is 296 g/mol. The summed E-state index contributed by atoms with van der Waals surface area (Å²) in [7, 11) is 0. The smallest absolute Gasteiger partial charge is 0.416 e. The Kier molecular flexibility index (Phi) is 3.49. The molecule has 0 aliphatic heterocycles. The van der Waals surface area contributed by atoms with E-state index in [2.05, 4.69) is 4.98 Å². The van der Waals surface area contributed by atoms with Crippen molar-refractivity contribution in [2.24, 2.45) is 5.73 Å². The third-order valence-electron chi connectivity index (χ3n) is 3.66. The molecule has 0 amide bonds. The van der Waals surface area contributed by atoms with Gasteiger partial charge in [0.25, 0.3) is 0 Å². The van der Waals surface area contributed by atoms with Crippen LogP contribution >= 0.6 is 0 Å². The molecule has 2 N–H and O–H groups in total. The lowest BCUT2D eigenvalue weighted by molar-refractivity contribution is -0.137. The first kappa shape index (κ1) is 14.1. The molecule has 1 heterocycles. The molecule has 0 saturated carbocycles. The van der Waals surface area contributed by atoms with Gasteiger partial charge in [-0.05, 0) is 24.1 Å². The minimum atomic E-state index is -4.31. The lowest BCUT2D eigenvalue weighted by Crippen LogP contribution is -2.27. The van der Waals surface area contributed by atoms with Crippen LogP contribution < -0.4 is 5.73 Å². The van der Waals surface area contributed by atoms with Crippen molar-refractivity contribution in [1.82, 2.24) is 4.98 Å². The maximum Gasteiger partial charge on any atom is 0.416 e. The number of oxazole rings is 1. The number of fused-ring (bicyclic) bond motifs is 1. The van der Waals surface area contributed by atoms with Gasteiger partial charge < -0.3 is 10.2 Å². The van der Waals surface area contributed by atoms with E-state index in [1.54, 1.807) is 0 Å². The van der Waals surface area contributed by atoms with Crippen LogP contribution in [0.2, 0.25) is 0 Å². The van der Waals surface area contributed by atoms with Gasteiger partial charge in [0.05, 0.1) is 11.3 Å². The SMILES string of the molecule is NC1CCc2oc(Cc3ccc(C(F)(F)F)cc3)nc2C1. The van der Waals surface area contributed by atoms with E-state index >= 15 is 0 Å². The fourth-order valence-electron chi connectivity index (χ4n) is 2.52. The maximum absolute atomic E-state index is 12.5. The molecule has 6 heteroatoms. The molecule has 1 aromatic carbocycles. The van der Waals surface area contributed by atoms with E-state index in [1.165, 1.54) is 12.1 Å². The quantitative estimate of drug-likeness (QED) is 0.926. The van der Waals surface area contributed by atoms with Gasteiger partial charge in [0.15, 0.2) is 5.89 Å². The normalized spacial score (nSPS) is 18.6. The lowest BCUT2D eigenvalue weighted by Gasteiger charge is -2.14. The number of aromatic nitrogens is 1. The Balaban J connectivity index is 1.75. The van der Waals surface area contributed by atoms with Gasteiger partial charge in [-0.15, -0.1) is 0 Å². The van der Waals surface area contributed by atoms with Crippen LogP contribution in [-0.4, -0.2) is 11.0 Å². The highest BCUT2D eigenvalue weighted by Crippen LogP contribution is 2.29. The Labute approximate surface area is 120 Å². The van der Waals surface area contributed by atoms with Crippen LogP contribution in [0.3, 0.4) is 0 Å². The van der Waals surface area contributed by atoms with Crippen molar-refractivity contribution in [2.75, 3.05) is 0 Å². The summed E-state index contributed by atoms with van der Waals surface area (Å²) >= 11 is 0. The van der Waals surface area contributed by atoms with Crippen molar-refractivity contribution in [2.45, 2.75) is 37.9 Å².